The molecule has 0 radical (unpaired) electrons. The highest BCUT2D eigenvalue weighted by atomic mass is 16.5. The molecule has 112 valence electrons. The highest BCUT2D eigenvalue weighted by Gasteiger charge is 2.29. The van der Waals surface area contributed by atoms with Gasteiger partial charge in [0.25, 0.3) is 0 Å². The minimum absolute atomic E-state index is 0.493. The van der Waals surface area contributed by atoms with Crippen LogP contribution in [-0.2, 0) is 11.2 Å². The summed E-state index contributed by atoms with van der Waals surface area (Å²) in [4.78, 5) is 8.56. The molecule has 0 unspecified atom stereocenters. The number of aromatic nitrogens is 2. The van der Waals surface area contributed by atoms with Gasteiger partial charge < -0.3 is 20.5 Å². The first-order valence-corrected chi connectivity index (χ1v) is 7.24. The van der Waals surface area contributed by atoms with E-state index < -0.39 is 5.60 Å². The number of nitrogens with one attached hydrogen (secondary N) is 2. The molecule has 1 fully saturated rings. The zero-order valence-corrected chi connectivity index (χ0v) is 12.3. The Bertz CT molecular complexity index is 433. The van der Waals surface area contributed by atoms with Crippen molar-refractivity contribution in [3.63, 3.8) is 0 Å². The molecule has 0 saturated carbocycles. The lowest BCUT2D eigenvalue weighted by Crippen LogP contribution is -2.42. The van der Waals surface area contributed by atoms with Gasteiger partial charge in [-0.05, 0) is 6.42 Å². The first kappa shape index (κ1) is 15.0. The van der Waals surface area contributed by atoms with Gasteiger partial charge in [-0.25, -0.2) is 9.97 Å². The van der Waals surface area contributed by atoms with Gasteiger partial charge in [0.2, 0.25) is 0 Å². The normalized spacial score (nSPS) is 17.8. The highest BCUT2D eigenvalue weighted by molar-refractivity contribution is 5.57. The van der Waals surface area contributed by atoms with Gasteiger partial charge in [-0.1, -0.05) is 13.3 Å². The second kappa shape index (κ2) is 6.85. The van der Waals surface area contributed by atoms with Gasteiger partial charge in [0, 0.05) is 45.2 Å². The van der Waals surface area contributed by atoms with Crippen molar-refractivity contribution in [3.05, 3.63) is 11.9 Å². The Morgan fingerprint density at radius 2 is 2.00 bits per heavy atom. The molecule has 0 spiro atoms. The fraction of sp³-hybridized carbons (Fsp3) is 0.714. The van der Waals surface area contributed by atoms with Crippen molar-refractivity contribution in [1.82, 2.24) is 9.97 Å². The number of nitrogens with zero attached hydrogens (tertiary/aromatic N) is 2. The van der Waals surface area contributed by atoms with Crippen LogP contribution in [0.5, 0.6) is 0 Å². The molecule has 0 bridgehead atoms. The second-order valence-corrected chi connectivity index (χ2v) is 5.24. The van der Waals surface area contributed by atoms with E-state index in [1.165, 1.54) is 0 Å². The molecule has 2 rings (SSSR count). The van der Waals surface area contributed by atoms with E-state index in [0.29, 0.717) is 32.6 Å². The minimum atomic E-state index is -0.702. The van der Waals surface area contributed by atoms with Crippen LogP contribution in [0.2, 0.25) is 0 Å². The second-order valence-electron chi connectivity index (χ2n) is 5.24. The summed E-state index contributed by atoms with van der Waals surface area (Å²) in [6, 6.07) is 0. The summed E-state index contributed by atoms with van der Waals surface area (Å²) >= 11 is 0. The molecule has 1 aromatic heterocycles. The van der Waals surface area contributed by atoms with Crippen molar-refractivity contribution in [3.8, 4) is 0 Å². The molecule has 0 aliphatic carbocycles. The molecular weight excluding hydrogens is 256 g/mol. The first-order valence-electron chi connectivity index (χ1n) is 7.24. The van der Waals surface area contributed by atoms with Gasteiger partial charge in [0.05, 0.1) is 5.60 Å². The Kier molecular flexibility index (Phi) is 5.14. The Morgan fingerprint density at radius 1 is 1.30 bits per heavy atom. The van der Waals surface area contributed by atoms with E-state index >= 15 is 0 Å². The van der Waals surface area contributed by atoms with Crippen LogP contribution in [0, 0.1) is 0 Å². The van der Waals surface area contributed by atoms with Crippen molar-refractivity contribution in [2.45, 2.75) is 38.2 Å². The van der Waals surface area contributed by atoms with Crippen molar-refractivity contribution in [2.75, 3.05) is 37.4 Å². The van der Waals surface area contributed by atoms with E-state index in [-0.39, 0.29) is 0 Å². The highest BCUT2D eigenvalue weighted by Crippen LogP contribution is 2.24. The summed E-state index contributed by atoms with van der Waals surface area (Å²) in [6.45, 7) is 3.85. The molecular formula is C14H24N4O2. The average Bonchev–Trinajstić information content (AvgIpc) is 2.47. The van der Waals surface area contributed by atoms with Crippen LogP contribution in [0.25, 0.3) is 0 Å². The largest absolute Gasteiger partial charge is 0.388 e. The van der Waals surface area contributed by atoms with E-state index in [0.717, 1.165) is 30.0 Å². The predicted octanol–water partition coefficient (Wildman–Crippen LogP) is 1.42. The summed E-state index contributed by atoms with van der Waals surface area (Å²) in [5.74, 6) is 1.66. The third kappa shape index (κ3) is 3.58. The molecule has 1 saturated heterocycles. The molecule has 1 aromatic rings. The van der Waals surface area contributed by atoms with E-state index in [1.54, 1.807) is 6.33 Å². The Morgan fingerprint density at radius 3 is 2.65 bits per heavy atom. The molecule has 6 nitrogen and oxygen atoms in total. The summed E-state index contributed by atoms with van der Waals surface area (Å²) < 4.78 is 5.29. The minimum Gasteiger partial charge on any atom is -0.388 e. The molecule has 1 aliphatic heterocycles. The number of hydrogen-bond acceptors (Lipinski definition) is 6. The van der Waals surface area contributed by atoms with E-state index in [4.69, 9.17) is 4.74 Å². The smallest absolute Gasteiger partial charge is 0.134 e. The van der Waals surface area contributed by atoms with Gasteiger partial charge in [-0.2, -0.15) is 0 Å². The van der Waals surface area contributed by atoms with Crippen molar-refractivity contribution < 1.29 is 9.84 Å². The maximum Gasteiger partial charge on any atom is 0.134 e. The first-order chi connectivity index (χ1) is 9.68. The molecule has 2 heterocycles. The fourth-order valence-electron chi connectivity index (χ4n) is 2.44. The van der Waals surface area contributed by atoms with Crippen LogP contribution in [0.4, 0.5) is 11.6 Å². The molecule has 1 aliphatic rings. The monoisotopic (exact) mass is 280 g/mol. The van der Waals surface area contributed by atoms with E-state index in [2.05, 4.69) is 27.5 Å². The maximum atomic E-state index is 10.5. The van der Waals surface area contributed by atoms with Crippen molar-refractivity contribution >= 4 is 11.6 Å². The fourth-order valence-corrected chi connectivity index (χ4v) is 2.44. The van der Waals surface area contributed by atoms with Gasteiger partial charge in [-0.3, -0.25) is 0 Å². The van der Waals surface area contributed by atoms with Crippen LogP contribution in [-0.4, -0.2) is 47.5 Å². The third-order valence-corrected chi connectivity index (χ3v) is 3.69. The number of hydrogen-bond donors (Lipinski definition) is 3. The van der Waals surface area contributed by atoms with Gasteiger partial charge in [0.15, 0.2) is 0 Å². The maximum absolute atomic E-state index is 10.5. The van der Waals surface area contributed by atoms with Crippen LogP contribution in [0.1, 0.15) is 31.7 Å². The summed E-state index contributed by atoms with van der Waals surface area (Å²) in [5, 5.41) is 16.9. The Labute approximate surface area is 120 Å². The lowest BCUT2D eigenvalue weighted by molar-refractivity contribution is -0.0543. The summed E-state index contributed by atoms with van der Waals surface area (Å²) in [7, 11) is 1.86. The van der Waals surface area contributed by atoms with Crippen LogP contribution >= 0.6 is 0 Å². The van der Waals surface area contributed by atoms with E-state index in [9.17, 15) is 5.11 Å². The molecule has 0 amide bonds. The standard InChI is InChI=1S/C14H24N4O2/c1-3-4-11-12(15-2)17-10-18-13(11)16-9-14(19)5-7-20-8-6-14/h10,19H,3-9H2,1-2H3,(H2,15,16,17,18). The van der Waals surface area contributed by atoms with Gasteiger partial charge in [0.1, 0.15) is 18.0 Å². The lowest BCUT2D eigenvalue weighted by atomic mass is 9.94. The predicted molar refractivity (Wildman–Crippen MR) is 79.1 cm³/mol. The quantitative estimate of drug-likeness (QED) is 0.731. The van der Waals surface area contributed by atoms with E-state index in [1.807, 2.05) is 7.05 Å². The molecule has 3 N–H and O–H groups in total. The summed E-state index contributed by atoms with van der Waals surface area (Å²) in [5.41, 5.74) is 0.375. The zero-order valence-electron chi connectivity index (χ0n) is 12.3. The Balaban J connectivity index is 2.08. The number of ether oxygens (including phenoxy) is 1. The number of aliphatic hydroxyl groups is 1. The average molecular weight is 280 g/mol. The molecule has 6 heteroatoms. The summed E-state index contributed by atoms with van der Waals surface area (Å²) in [6.07, 6.45) is 4.79. The number of anilines is 2. The van der Waals surface area contributed by atoms with Crippen molar-refractivity contribution in [1.29, 1.82) is 0 Å². The van der Waals surface area contributed by atoms with Crippen LogP contribution in [0.3, 0.4) is 0 Å². The SMILES string of the molecule is CCCc1c(NC)ncnc1NCC1(O)CCOCC1. The van der Waals surface area contributed by atoms with Gasteiger partial charge >= 0.3 is 0 Å². The third-order valence-electron chi connectivity index (χ3n) is 3.69. The number of rotatable bonds is 6. The van der Waals surface area contributed by atoms with Gasteiger partial charge in [-0.15, -0.1) is 0 Å². The zero-order chi connectivity index (χ0) is 14.4. The Hall–Kier alpha value is -1.40. The molecule has 0 aromatic carbocycles. The lowest BCUT2D eigenvalue weighted by Gasteiger charge is -2.32. The molecule has 0 atom stereocenters. The van der Waals surface area contributed by atoms with Crippen molar-refractivity contribution in [2.24, 2.45) is 0 Å². The van der Waals surface area contributed by atoms with Crippen LogP contribution in [0.15, 0.2) is 6.33 Å². The van der Waals surface area contributed by atoms with Crippen LogP contribution < -0.4 is 10.6 Å². The topological polar surface area (TPSA) is 79.3 Å². The molecule has 20 heavy (non-hydrogen) atoms.